The average molecular weight is 233 g/mol. The van der Waals surface area contributed by atoms with E-state index in [1.165, 1.54) is 6.07 Å². The summed E-state index contributed by atoms with van der Waals surface area (Å²) in [5.41, 5.74) is 7.61. The minimum absolute atomic E-state index is 0.0779. The molecule has 17 heavy (non-hydrogen) atoms. The quantitative estimate of drug-likeness (QED) is 0.884. The van der Waals surface area contributed by atoms with Crippen LogP contribution in [0.2, 0.25) is 0 Å². The average Bonchev–Trinajstić information content (AvgIpc) is 3.01. The molecule has 1 heterocycles. The lowest BCUT2D eigenvalue weighted by molar-refractivity contribution is 0.623. The number of imidazole rings is 1. The van der Waals surface area contributed by atoms with Crippen molar-refractivity contribution in [3.63, 3.8) is 0 Å². The van der Waals surface area contributed by atoms with E-state index in [-0.39, 0.29) is 11.9 Å². The number of halogens is 1. The van der Waals surface area contributed by atoms with Gasteiger partial charge in [-0.05, 0) is 38.0 Å². The number of hydrogen-bond acceptors (Lipinski definition) is 2. The van der Waals surface area contributed by atoms with Crippen LogP contribution in [0.1, 0.15) is 31.6 Å². The molecule has 1 atom stereocenters. The Balaban J connectivity index is 2.16. The number of fused-ring (bicyclic) bond motifs is 1. The first-order chi connectivity index (χ1) is 8.15. The fraction of sp³-hybridized carbons (Fsp3) is 0.462. The van der Waals surface area contributed by atoms with Gasteiger partial charge in [-0.1, -0.05) is 0 Å². The van der Waals surface area contributed by atoms with E-state index in [1.54, 1.807) is 12.1 Å². The summed E-state index contributed by atoms with van der Waals surface area (Å²) in [6, 6.07) is 5.35. The lowest BCUT2D eigenvalue weighted by Crippen LogP contribution is -2.20. The Kier molecular flexibility index (Phi) is 2.40. The zero-order chi connectivity index (χ0) is 12.0. The fourth-order valence-corrected chi connectivity index (χ4v) is 2.29. The monoisotopic (exact) mass is 233 g/mol. The van der Waals surface area contributed by atoms with Crippen molar-refractivity contribution in [3.05, 3.63) is 29.8 Å². The summed E-state index contributed by atoms with van der Waals surface area (Å²) in [5, 5.41) is 0. The second-order valence-electron chi connectivity index (χ2n) is 4.94. The number of benzene rings is 1. The zero-order valence-corrected chi connectivity index (χ0v) is 9.86. The standard InChI is InChI=1S/C13H16FN3/c1-8(15)6-13-16-11-5-2-9(14)7-12(11)17(13)10-3-4-10/h2,5,7-8,10H,3-4,6,15H2,1H3. The summed E-state index contributed by atoms with van der Waals surface area (Å²) in [6.07, 6.45) is 3.06. The van der Waals surface area contributed by atoms with Crippen molar-refractivity contribution in [3.8, 4) is 0 Å². The molecule has 1 aromatic carbocycles. The van der Waals surface area contributed by atoms with E-state index in [1.807, 2.05) is 6.92 Å². The van der Waals surface area contributed by atoms with Gasteiger partial charge in [0.15, 0.2) is 0 Å². The third kappa shape index (κ3) is 1.93. The molecule has 1 unspecified atom stereocenters. The molecule has 90 valence electrons. The predicted molar refractivity (Wildman–Crippen MR) is 65.3 cm³/mol. The molecule has 2 N–H and O–H groups in total. The van der Waals surface area contributed by atoms with Gasteiger partial charge in [-0.3, -0.25) is 0 Å². The molecule has 1 fully saturated rings. The predicted octanol–water partition coefficient (Wildman–Crippen LogP) is 2.40. The third-order valence-electron chi connectivity index (χ3n) is 3.14. The Morgan fingerprint density at radius 3 is 2.94 bits per heavy atom. The number of nitrogens with two attached hydrogens (primary N) is 1. The number of rotatable bonds is 3. The summed E-state index contributed by atoms with van der Waals surface area (Å²) < 4.78 is 15.5. The smallest absolute Gasteiger partial charge is 0.125 e. The van der Waals surface area contributed by atoms with Crippen LogP contribution in [0.3, 0.4) is 0 Å². The van der Waals surface area contributed by atoms with Gasteiger partial charge in [0, 0.05) is 18.5 Å². The first kappa shape index (κ1) is 10.7. The van der Waals surface area contributed by atoms with Crippen LogP contribution in [0.25, 0.3) is 11.0 Å². The van der Waals surface area contributed by atoms with Crippen LogP contribution >= 0.6 is 0 Å². The van der Waals surface area contributed by atoms with E-state index in [0.717, 1.165) is 36.1 Å². The van der Waals surface area contributed by atoms with Gasteiger partial charge >= 0.3 is 0 Å². The molecule has 0 amide bonds. The Bertz CT molecular complexity index is 555. The summed E-state index contributed by atoms with van der Waals surface area (Å²) in [7, 11) is 0. The van der Waals surface area contributed by atoms with E-state index in [4.69, 9.17) is 5.73 Å². The Morgan fingerprint density at radius 2 is 2.29 bits per heavy atom. The maximum Gasteiger partial charge on any atom is 0.125 e. The molecule has 0 bridgehead atoms. The van der Waals surface area contributed by atoms with E-state index in [0.29, 0.717) is 6.04 Å². The van der Waals surface area contributed by atoms with Crippen molar-refractivity contribution in [2.75, 3.05) is 0 Å². The molecule has 1 aliphatic rings. The molecule has 1 aromatic heterocycles. The first-order valence-electron chi connectivity index (χ1n) is 6.07. The SMILES string of the molecule is CC(N)Cc1nc2ccc(F)cc2n1C1CC1. The van der Waals surface area contributed by atoms with Gasteiger partial charge in [-0.25, -0.2) is 9.37 Å². The lowest BCUT2D eigenvalue weighted by atomic mass is 10.2. The minimum Gasteiger partial charge on any atom is -0.328 e. The fourth-order valence-electron chi connectivity index (χ4n) is 2.29. The molecule has 3 nitrogen and oxygen atoms in total. The lowest BCUT2D eigenvalue weighted by Gasteiger charge is -2.09. The van der Waals surface area contributed by atoms with Gasteiger partial charge in [0.2, 0.25) is 0 Å². The zero-order valence-electron chi connectivity index (χ0n) is 9.86. The highest BCUT2D eigenvalue weighted by Gasteiger charge is 2.28. The van der Waals surface area contributed by atoms with Gasteiger partial charge in [0.05, 0.1) is 11.0 Å². The third-order valence-corrected chi connectivity index (χ3v) is 3.14. The van der Waals surface area contributed by atoms with Crippen LogP contribution in [-0.4, -0.2) is 15.6 Å². The second kappa shape index (κ2) is 3.81. The van der Waals surface area contributed by atoms with E-state index in [9.17, 15) is 4.39 Å². The van der Waals surface area contributed by atoms with Gasteiger partial charge in [-0.15, -0.1) is 0 Å². The minimum atomic E-state index is -0.202. The van der Waals surface area contributed by atoms with Crippen molar-refractivity contribution in [1.82, 2.24) is 9.55 Å². The van der Waals surface area contributed by atoms with Crippen LogP contribution < -0.4 is 5.73 Å². The Morgan fingerprint density at radius 1 is 1.53 bits per heavy atom. The summed E-state index contributed by atoms with van der Waals surface area (Å²) >= 11 is 0. The molecule has 1 aliphatic carbocycles. The molecule has 4 heteroatoms. The first-order valence-corrected chi connectivity index (χ1v) is 6.07. The molecule has 2 aromatic rings. The van der Waals surface area contributed by atoms with Crippen molar-refractivity contribution in [2.45, 2.75) is 38.3 Å². The number of nitrogens with zero attached hydrogens (tertiary/aromatic N) is 2. The van der Waals surface area contributed by atoms with Gasteiger partial charge in [0.25, 0.3) is 0 Å². The summed E-state index contributed by atoms with van der Waals surface area (Å²) in [4.78, 5) is 4.57. The molecule has 1 saturated carbocycles. The molecular weight excluding hydrogens is 217 g/mol. The van der Waals surface area contributed by atoms with Crippen LogP contribution in [0.4, 0.5) is 4.39 Å². The highest BCUT2D eigenvalue weighted by Crippen LogP contribution is 2.38. The molecule has 0 radical (unpaired) electrons. The van der Waals surface area contributed by atoms with Gasteiger partial charge < -0.3 is 10.3 Å². The molecule has 0 aliphatic heterocycles. The number of aromatic nitrogens is 2. The van der Waals surface area contributed by atoms with Crippen molar-refractivity contribution < 1.29 is 4.39 Å². The normalized spacial score (nSPS) is 17.6. The van der Waals surface area contributed by atoms with Crippen molar-refractivity contribution in [1.29, 1.82) is 0 Å². The van der Waals surface area contributed by atoms with E-state index >= 15 is 0 Å². The maximum atomic E-state index is 13.3. The Labute approximate surface area is 99.4 Å². The summed E-state index contributed by atoms with van der Waals surface area (Å²) in [5.74, 6) is 0.787. The molecule has 0 saturated heterocycles. The largest absolute Gasteiger partial charge is 0.328 e. The summed E-state index contributed by atoms with van der Waals surface area (Å²) in [6.45, 7) is 1.97. The van der Waals surface area contributed by atoms with Crippen LogP contribution in [0, 0.1) is 5.82 Å². The molecule has 3 rings (SSSR count). The molecule has 0 spiro atoms. The number of hydrogen-bond donors (Lipinski definition) is 1. The Hall–Kier alpha value is -1.42. The van der Waals surface area contributed by atoms with Crippen LogP contribution in [-0.2, 0) is 6.42 Å². The van der Waals surface area contributed by atoms with Crippen LogP contribution in [0.5, 0.6) is 0 Å². The highest BCUT2D eigenvalue weighted by molar-refractivity contribution is 5.76. The van der Waals surface area contributed by atoms with Crippen molar-refractivity contribution >= 4 is 11.0 Å². The van der Waals surface area contributed by atoms with Crippen molar-refractivity contribution in [2.24, 2.45) is 5.73 Å². The molecular formula is C13H16FN3. The van der Waals surface area contributed by atoms with Gasteiger partial charge in [-0.2, -0.15) is 0 Å². The second-order valence-corrected chi connectivity index (χ2v) is 4.94. The maximum absolute atomic E-state index is 13.3. The van der Waals surface area contributed by atoms with E-state index in [2.05, 4.69) is 9.55 Å². The van der Waals surface area contributed by atoms with Gasteiger partial charge in [0.1, 0.15) is 11.6 Å². The highest BCUT2D eigenvalue weighted by atomic mass is 19.1. The van der Waals surface area contributed by atoms with E-state index < -0.39 is 0 Å². The van der Waals surface area contributed by atoms with Crippen LogP contribution in [0.15, 0.2) is 18.2 Å². The topological polar surface area (TPSA) is 43.8 Å².